The first-order valence-electron chi connectivity index (χ1n) is 6.40. The van der Waals surface area contributed by atoms with Crippen molar-refractivity contribution in [2.45, 2.75) is 0 Å². The Kier molecular flexibility index (Phi) is 4.49. The summed E-state index contributed by atoms with van der Waals surface area (Å²) in [7, 11) is 0. The monoisotopic (exact) mass is 455 g/mol. The van der Waals surface area contributed by atoms with Crippen LogP contribution in [-0.4, -0.2) is 17.0 Å². The van der Waals surface area contributed by atoms with Crippen LogP contribution in [0.2, 0.25) is 0 Å². The van der Waals surface area contributed by atoms with E-state index < -0.39 is 16.7 Å². The first kappa shape index (κ1) is 16.4. The van der Waals surface area contributed by atoms with Crippen LogP contribution >= 0.6 is 31.9 Å². The molecule has 10 heteroatoms. The molecule has 24 heavy (non-hydrogen) atoms. The maximum Gasteiger partial charge on any atom is 0.433 e. The summed E-state index contributed by atoms with van der Waals surface area (Å²) in [6.07, 6.45) is 1.15. The largest absolute Gasteiger partial charge is 0.450 e. The minimum absolute atomic E-state index is 0.0753. The van der Waals surface area contributed by atoms with Gasteiger partial charge in [0, 0.05) is 9.86 Å². The van der Waals surface area contributed by atoms with Crippen molar-refractivity contribution in [3.8, 4) is 0 Å². The average molecular weight is 457 g/mol. The minimum atomic E-state index is -0.666. The van der Waals surface area contributed by atoms with Crippen molar-refractivity contribution in [2.75, 3.05) is 0 Å². The number of carbonyl (C=O) groups excluding carboxylic acids is 1. The second-order valence-electron chi connectivity index (χ2n) is 4.55. The summed E-state index contributed by atoms with van der Waals surface area (Å²) in [6.45, 7) is 0. The number of hydrogen-bond donors (Lipinski definition) is 1. The van der Waals surface area contributed by atoms with Crippen LogP contribution in [0.5, 0.6) is 0 Å². The third-order valence-corrected chi connectivity index (χ3v) is 3.96. The summed E-state index contributed by atoms with van der Waals surface area (Å²) in [4.78, 5) is 21.9. The fourth-order valence-corrected chi connectivity index (χ4v) is 3.25. The molecular formula is C14H7Br2N3O5. The summed E-state index contributed by atoms with van der Waals surface area (Å²) in [5.74, 6) is -0.758. The van der Waals surface area contributed by atoms with E-state index in [2.05, 4.69) is 42.4 Å². The number of benzene rings is 1. The number of nitro groups is 1. The summed E-state index contributed by atoms with van der Waals surface area (Å²) >= 11 is 6.71. The third-order valence-electron chi connectivity index (χ3n) is 2.91. The Morgan fingerprint density at radius 3 is 2.75 bits per heavy atom. The standard InChI is InChI=1S/C14H7Br2N3O5/c15-8-3-7-4-11(24-13(7)10(16)5-8)14(20)18-17-6-9-1-2-12(23-9)19(21)22/h1-6H,(H,18,20)/b17-6-. The van der Waals surface area contributed by atoms with Crippen molar-refractivity contribution in [1.29, 1.82) is 0 Å². The second kappa shape index (κ2) is 6.57. The lowest BCUT2D eigenvalue weighted by Gasteiger charge is -1.95. The highest BCUT2D eigenvalue weighted by Gasteiger charge is 2.14. The highest BCUT2D eigenvalue weighted by Crippen LogP contribution is 2.30. The molecular weight excluding hydrogens is 450 g/mol. The van der Waals surface area contributed by atoms with Gasteiger partial charge in [-0.1, -0.05) is 15.9 Å². The molecule has 3 rings (SSSR count). The van der Waals surface area contributed by atoms with E-state index in [-0.39, 0.29) is 11.5 Å². The van der Waals surface area contributed by atoms with Gasteiger partial charge in [0.25, 0.3) is 0 Å². The van der Waals surface area contributed by atoms with E-state index in [9.17, 15) is 14.9 Å². The van der Waals surface area contributed by atoms with Crippen LogP contribution in [0, 0.1) is 10.1 Å². The van der Waals surface area contributed by atoms with Gasteiger partial charge in [-0.25, -0.2) is 5.43 Å². The van der Waals surface area contributed by atoms with Gasteiger partial charge >= 0.3 is 11.8 Å². The smallest absolute Gasteiger partial charge is 0.433 e. The molecule has 1 aromatic carbocycles. The van der Waals surface area contributed by atoms with Crippen molar-refractivity contribution in [3.05, 3.63) is 60.9 Å². The lowest BCUT2D eigenvalue weighted by Crippen LogP contribution is -2.16. The van der Waals surface area contributed by atoms with E-state index in [1.54, 1.807) is 12.1 Å². The number of nitrogens with zero attached hydrogens (tertiary/aromatic N) is 2. The fourth-order valence-electron chi connectivity index (χ4n) is 1.91. The quantitative estimate of drug-likeness (QED) is 0.359. The number of fused-ring (bicyclic) bond motifs is 1. The van der Waals surface area contributed by atoms with Crippen LogP contribution < -0.4 is 5.43 Å². The molecule has 1 amide bonds. The number of carbonyl (C=O) groups is 1. The Bertz CT molecular complexity index is 976. The fraction of sp³-hybridized carbons (Fsp3) is 0. The van der Waals surface area contributed by atoms with Crippen LogP contribution in [0.15, 0.2) is 53.2 Å². The molecule has 2 aromatic heterocycles. The van der Waals surface area contributed by atoms with Gasteiger partial charge in [0.05, 0.1) is 16.8 Å². The maximum absolute atomic E-state index is 12.0. The number of furan rings is 2. The Labute approximate surface area is 150 Å². The van der Waals surface area contributed by atoms with E-state index >= 15 is 0 Å². The summed E-state index contributed by atoms with van der Waals surface area (Å²) in [5.41, 5.74) is 2.80. The van der Waals surface area contributed by atoms with Gasteiger partial charge in [0.2, 0.25) is 0 Å². The van der Waals surface area contributed by atoms with Crippen molar-refractivity contribution in [1.82, 2.24) is 5.43 Å². The summed E-state index contributed by atoms with van der Waals surface area (Å²) in [6, 6.07) is 7.75. The van der Waals surface area contributed by atoms with E-state index in [1.807, 2.05) is 6.07 Å². The lowest BCUT2D eigenvalue weighted by atomic mass is 10.2. The molecule has 8 nitrogen and oxygen atoms in total. The Balaban J connectivity index is 1.73. The molecule has 122 valence electrons. The van der Waals surface area contributed by atoms with Gasteiger partial charge in [-0.3, -0.25) is 14.9 Å². The molecule has 0 fully saturated rings. The van der Waals surface area contributed by atoms with Crippen molar-refractivity contribution < 1.29 is 18.6 Å². The molecule has 2 heterocycles. The van der Waals surface area contributed by atoms with Crippen molar-refractivity contribution in [3.63, 3.8) is 0 Å². The van der Waals surface area contributed by atoms with Gasteiger partial charge in [0.1, 0.15) is 10.5 Å². The van der Waals surface area contributed by atoms with Gasteiger partial charge in [0.15, 0.2) is 11.5 Å². The van der Waals surface area contributed by atoms with Crippen LogP contribution in [-0.2, 0) is 0 Å². The van der Waals surface area contributed by atoms with Crippen LogP contribution in [0.25, 0.3) is 11.0 Å². The van der Waals surface area contributed by atoms with Gasteiger partial charge in [-0.15, -0.1) is 0 Å². The lowest BCUT2D eigenvalue weighted by molar-refractivity contribution is -0.402. The highest BCUT2D eigenvalue weighted by molar-refractivity contribution is 9.11. The van der Waals surface area contributed by atoms with E-state index in [0.717, 1.165) is 16.1 Å². The molecule has 0 radical (unpaired) electrons. The Morgan fingerprint density at radius 1 is 1.25 bits per heavy atom. The Hall–Kier alpha value is -2.46. The normalized spacial score (nSPS) is 11.2. The number of rotatable bonds is 4. The van der Waals surface area contributed by atoms with Crippen LogP contribution in [0.3, 0.4) is 0 Å². The molecule has 0 aliphatic heterocycles. The van der Waals surface area contributed by atoms with Gasteiger partial charge in [-0.2, -0.15) is 5.10 Å². The molecule has 0 unspecified atom stereocenters. The molecule has 0 spiro atoms. The molecule has 1 N–H and O–H groups in total. The zero-order valence-corrected chi connectivity index (χ0v) is 14.8. The number of hydrogen-bond acceptors (Lipinski definition) is 6. The van der Waals surface area contributed by atoms with Crippen LogP contribution in [0.4, 0.5) is 5.88 Å². The highest BCUT2D eigenvalue weighted by atomic mass is 79.9. The predicted octanol–water partition coefficient (Wildman–Crippen LogP) is 4.22. The van der Waals surface area contributed by atoms with E-state index in [1.165, 1.54) is 12.1 Å². The minimum Gasteiger partial charge on any atom is -0.450 e. The Morgan fingerprint density at radius 2 is 2.04 bits per heavy atom. The molecule has 0 aliphatic rings. The number of hydrazone groups is 1. The van der Waals surface area contributed by atoms with Gasteiger partial charge in [-0.05, 0) is 40.2 Å². The number of nitrogens with one attached hydrogen (secondary N) is 1. The zero-order valence-electron chi connectivity index (χ0n) is 11.7. The average Bonchev–Trinajstić information content (AvgIpc) is 3.13. The molecule has 0 aliphatic carbocycles. The molecule has 0 atom stereocenters. The number of amides is 1. The molecule has 0 saturated heterocycles. The summed E-state index contributed by atoms with van der Waals surface area (Å²) in [5, 5.41) is 14.9. The molecule has 3 aromatic rings. The summed E-state index contributed by atoms with van der Waals surface area (Å²) < 4.78 is 11.9. The predicted molar refractivity (Wildman–Crippen MR) is 92.0 cm³/mol. The first-order chi connectivity index (χ1) is 11.4. The third kappa shape index (κ3) is 3.39. The van der Waals surface area contributed by atoms with E-state index in [0.29, 0.717) is 10.1 Å². The van der Waals surface area contributed by atoms with Gasteiger partial charge < -0.3 is 8.83 Å². The molecule has 0 bridgehead atoms. The topological polar surface area (TPSA) is 111 Å². The van der Waals surface area contributed by atoms with Crippen molar-refractivity contribution in [2.24, 2.45) is 5.10 Å². The molecule has 0 saturated carbocycles. The zero-order chi connectivity index (χ0) is 17.3. The van der Waals surface area contributed by atoms with Crippen LogP contribution in [0.1, 0.15) is 16.3 Å². The SMILES string of the molecule is O=C(N/N=C\c1ccc([N+](=O)[O-])o1)c1cc2cc(Br)cc(Br)c2o1. The first-order valence-corrected chi connectivity index (χ1v) is 7.99. The second-order valence-corrected chi connectivity index (χ2v) is 6.32. The van der Waals surface area contributed by atoms with E-state index in [4.69, 9.17) is 8.83 Å². The number of halogens is 2. The maximum atomic E-state index is 12.0. The van der Waals surface area contributed by atoms with Crippen molar-refractivity contribution >= 4 is 60.8 Å².